The number of ether oxygens (including phenoxy) is 1. The second kappa shape index (κ2) is 6.44. The van der Waals surface area contributed by atoms with Crippen LogP contribution in [0.15, 0.2) is 0 Å². The topological polar surface area (TPSA) is 21.3 Å². The highest BCUT2D eigenvalue weighted by Crippen LogP contribution is 2.16. The molecule has 0 bridgehead atoms. The molecule has 0 saturated heterocycles. The Morgan fingerprint density at radius 2 is 1.83 bits per heavy atom. The van der Waals surface area contributed by atoms with E-state index in [2.05, 4.69) is 5.32 Å². The molecule has 0 aromatic carbocycles. The molecule has 1 fully saturated rings. The lowest BCUT2D eigenvalue weighted by Crippen LogP contribution is -2.31. The standard InChI is InChI=1S/C10H21NO/c1-12-9-8-11-10-6-4-2-3-5-7-10/h10-11H,2-9H2,1H3. The summed E-state index contributed by atoms with van der Waals surface area (Å²) in [6, 6.07) is 0.766. The van der Waals surface area contributed by atoms with E-state index in [9.17, 15) is 0 Å². The summed E-state index contributed by atoms with van der Waals surface area (Å²) in [5.74, 6) is 0. The van der Waals surface area contributed by atoms with E-state index >= 15 is 0 Å². The maximum atomic E-state index is 5.00. The van der Waals surface area contributed by atoms with Crippen molar-refractivity contribution in [2.24, 2.45) is 0 Å². The van der Waals surface area contributed by atoms with Gasteiger partial charge in [-0.1, -0.05) is 25.7 Å². The van der Waals surface area contributed by atoms with Crippen LogP contribution in [0, 0.1) is 0 Å². The maximum Gasteiger partial charge on any atom is 0.0587 e. The van der Waals surface area contributed by atoms with Gasteiger partial charge in [-0.15, -0.1) is 0 Å². The van der Waals surface area contributed by atoms with Crippen LogP contribution in [0.3, 0.4) is 0 Å². The van der Waals surface area contributed by atoms with Gasteiger partial charge in [-0.25, -0.2) is 0 Å². The highest BCUT2D eigenvalue weighted by atomic mass is 16.5. The van der Waals surface area contributed by atoms with Gasteiger partial charge in [0.05, 0.1) is 6.61 Å². The smallest absolute Gasteiger partial charge is 0.0587 e. The second-order valence-corrected chi connectivity index (χ2v) is 3.64. The van der Waals surface area contributed by atoms with Crippen LogP contribution in [0.4, 0.5) is 0 Å². The van der Waals surface area contributed by atoms with Crippen molar-refractivity contribution in [1.82, 2.24) is 5.32 Å². The van der Waals surface area contributed by atoms with Crippen molar-refractivity contribution in [3.63, 3.8) is 0 Å². The fourth-order valence-corrected chi connectivity index (χ4v) is 1.85. The molecule has 1 rings (SSSR count). The van der Waals surface area contributed by atoms with Crippen LogP contribution < -0.4 is 5.32 Å². The van der Waals surface area contributed by atoms with E-state index in [1.54, 1.807) is 7.11 Å². The zero-order chi connectivity index (χ0) is 8.65. The van der Waals surface area contributed by atoms with E-state index < -0.39 is 0 Å². The first kappa shape index (κ1) is 10.0. The SMILES string of the molecule is COCCNC1CCCCCC1. The van der Waals surface area contributed by atoms with Gasteiger partial charge in [0, 0.05) is 19.7 Å². The third-order valence-electron chi connectivity index (χ3n) is 2.59. The number of methoxy groups -OCH3 is 1. The van der Waals surface area contributed by atoms with E-state index in [0.717, 1.165) is 19.2 Å². The van der Waals surface area contributed by atoms with Gasteiger partial charge >= 0.3 is 0 Å². The molecule has 0 unspecified atom stereocenters. The van der Waals surface area contributed by atoms with E-state index in [4.69, 9.17) is 4.74 Å². The van der Waals surface area contributed by atoms with Crippen LogP contribution in [-0.2, 0) is 4.74 Å². The minimum absolute atomic E-state index is 0.766. The van der Waals surface area contributed by atoms with Crippen molar-refractivity contribution in [2.75, 3.05) is 20.3 Å². The first-order valence-corrected chi connectivity index (χ1v) is 5.16. The van der Waals surface area contributed by atoms with Crippen LogP contribution in [0.5, 0.6) is 0 Å². The lowest BCUT2D eigenvalue weighted by Gasteiger charge is -2.15. The highest BCUT2D eigenvalue weighted by molar-refractivity contribution is 4.69. The first-order chi connectivity index (χ1) is 5.93. The summed E-state index contributed by atoms with van der Waals surface area (Å²) in [6.07, 6.45) is 8.41. The van der Waals surface area contributed by atoms with Crippen LogP contribution in [0.2, 0.25) is 0 Å². The molecular weight excluding hydrogens is 150 g/mol. The summed E-state index contributed by atoms with van der Waals surface area (Å²) in [6.45, 7) is 1.86. The Morgan fingerprint density at radius 3 is 2.42 bits per heavy atom. The van der Waals surface area contributed by atoms with Gasteiger partial charge in [0.15, 0.2) is 0 Å². The summed E-state index contributed by atoms with van der Waals surface area (Å²) < 4.78 is 5.00. The molecule has 1 aliphatic carbocycles. The Morgan fingerprint density at radius 1 is 1.17 bits per heavy atom. The predicted octanol–water partition coefficient (Wildman–Crippen LogP) is 1.95. The average molecular weight is 171 g/mol. The molecule has 1 aliphatic rings. The van der Waals surface area contributed by atoms with Crippen molar-refractivity contribution in [3.05, 3.63) is 0 Å². The number of nitrogens with one attached hydrogen (secondary N) is 1. The van der Waals surface area contributed by atoms with Crippen LogP contribution in [-0.4, -0.2) is 26.3 Å². The molecule has 0 heterocycles. The third-order valence-corrected chi connectivity index (χ3v) is 2.59. The van der Waals surface area contributed by atoms with Gasteiger partial charge in [0.1, 0.15) is 0 Å². The molecule has 2 nitrogen and oxygen atoms in total. The first-order valence-electron chi connectivity index (χ1n) is 5.16. The predicted molar refractivity (Wildman–Crippen MR) is 51.4 cm³/mol. The third kappa shape index (κ3) is 4.07. The second-order valence-electron chi connectivity index (χ2n) is 3.64. The zero-order valence-corrected chi connectivity index (χ0v) is 8.14. The normalized spacial score (nSPS) is 20.8. The molecule has 72 valence electrons. The Bertz CT molecular complexity index is 98.0. The molecule has 0 radical (unpaired) electrons. The van der Waals surface area contributed by atoms with Crippen molar-refractivity contribution in [2.45, 2.75) is 44.6 Å². The molecule has 0 amide bonds. The lowest BCUT2D eigenvalue weighted by atomic mass is 10.1. The highest BCUT2D eigenvalue weighted by Gasteiger charge is 2.10. The van der Waals surface area contributed by atoms with Crippen LogP contribution in [0.25, 0.3) is 0 Å². The molecule has 0 aliphatic heterocycles. The Labute approximate surface area is 75.7 Å². The summed E-state index contributed by atoms with van der Waals surface area (Å²) >= 11 is 0. The van der Waals surface area contributed by atoms with Gasteiger partial charge in [0.2, 0.25) is 0 Å². The van der Waals surface area contributed by atoms with Gasteiger partial charge in [-0.3, -0.25) is 0 Å². The largest absolute Gasteiger partial charge is 0.383 e. The van der Waals surface area contributed by atoms with E-state index in [1.165, 1.54) is 38.5 Å². The number of hydrogen-bond donors (Lipinski definition) is 1. The average Bonchev–Trinajstić information content (AvgIpc) is 2.33. The summed E-state index contributed by atoms with van der Waals surface area (Å²) in [4.78, 5) is 0. The number of rotatable bonds is 4. The van der Waals surface area contributed by atoms with Crippen molar-refractivity contribution < 1.29 is 4.74 Å². The monoisotopic (exact) mass is 171 g/mol. The molecule has 0 spiro atoms. The lowest BCUT2D eigenvalue weighted by molar-refractivity contribution is 0.194. The fraction of sp³-hybridized carbons (Fsp3) is 1.00. The minimum Gasteiger partial charge on any atom is -0.383 e. The van der Waals surface area contributed by atoms with Crippen molar-refractivity contribution >= 4 is 0 Å². The molecule has 2 heteroatoms. The Balaban J connectivity index is 2.04. The summed E-state index contributed by atoms with van der Waals surface area (Å²) in [5.41, 5.74) is 0. The maximum absolute atomic E-state index is 5.00. The molecule has 0 aromatic heterocycles. The Hall–Kier alpha value is -0.0800. The fourth-order valence-electron chi connectivity index (χ4n) is 1.85. The minimum atomic E-state index is 0.766. The number of hydrogen-bond acceptors (Lipinski definition) is 2. The van der Waals surface area contributed by atoms with E-state index in [-0.39, 0.29) is 0 Å². The van der Waals surface area contributed by atoms with Crippen LogP contribution >= 0.6 is 0 Å². The molecular formula is C10H21NO. The molecule has 12 heavy (non-hydrogen) atoms. The van der Waals surface area contributed by atoms with Gasteiger partial charge < -0.3 is 10.1 Å². The quantitative estimate of drug-likeness (QED) is 0.515. The van der Waals surface area contributed by atoms with Gasteiger partial charge in [-0.05, 0) is 12.8 Å². The zero-order valence-electron chi connectivity index (χ0n) is 8.14. The molecule has 0 atom stereocenters. The van der Waals surface area contributed by atoms with Crippen molar-refractivity contribution in [3.8, 4) is 0 Å². The summed E-state index contributed by atoms with van der Waals surface area (Å²) in [7, 11) is 1.76. The molecule has 0 aromatic rings. The van der Waals surface area contributed by atoms with Gasteiger partial charge in [-0.2, -0.15) is 0 Å². The van der Waals surface area contributed by atoms with E-state index in [1.807, 2.05) is 0 Å². The molecule has 1 saturated carbocycles. The van der Waals surface area contributed by atoms with Crippen molar-refractivity contribution in [1.29, 1.82) is 0 Å². The van der Waals surface area contributed by atoms with Gasteiger partial charge in [0.25, 0.3) is 0 Å². The van der Waals surface area contributed by atoms with E-state index in [0.29, 0.717) is 0 Å². The Kier molecular flexibility index (Phi) is 5.37. The molecule has 1 N–H and O–H groups in total. The summed E-state index contributed by atoms with van der Waals surface area (Å²) in [5, 5.41) is 3.54. The van der Waals surface area contributed by atoms with Crippen LogP contribution in [0.1, 0.15) is 38.5 Å².